The van der Waals surface area contributed by atoms with Gasteiger partial charge in [0.2, 0.25) is 11.8 Å². The van der Waals surface area contributed by atoms with E-state index in [1.54, 1.807) is 36.4 Å². The molecular weight excluding hydrogens is 801 g/mol. The van der Waals surface area contributed by atoms with Crippen LogP contribution in [0.2, 0.25) is 0 Å². The van der Waals surface area contributed by atoms with Gasteiger partial charge in [0.1, 0.15) is 31.5 Å². The molecule has 0 saturated heterocycles. The predicted molar refractivity (Wildman–Crippen MR) is 225 cm³/mol. The van der Waals surface area contributed by atoms with Gasteiger partial charge in [-0.15, -0.1) is 0 Å². The first-order valence-corrected chi connectivity index (χ1v) is 22.1. The smallest absolute Gasteiger partial charge is 0.312 e. The third-order valence-electron chi connectivity index (χ3n) is 12.5. The van der Waals surface area contributed by atoms with Gasteiger partial charge in [-0.05, 0) is 87.3 Å². The molecule has 2 amide bonds. The Bertz CT molecular complexity index is 1970. The van der Waals surface area contributed by atoms with E-state index >= 15 is 0 Å². The van der Waals surface area contributed by atoms with Gasteiger partial charge in [0.05, 0.1) is 44.7 Å². The molecule has 7 unspecified atom stereocenters. The number of hydrogen-bond donors (Lipinski definition) is 3. The first-order valence-electron chi connectivity index (χ1n) is 22.1. The Balaban J connectivity index is 0.823. The molecule has 16 nitrogen and oxygen atoms in total. The van der Waals surface area contributed by atoms with E-state index in [2.05, 4.69) is 20.6 Å². The fourth-order valence-corrected chi connectivity index (χ4v) is 9.13. The van der Waals surface area contributed by atoms with Crippen LogP contribution in [0.4, 0.5) is 0 Å². The second-order valence-electron chi connectivity index (χ2n) is 16.6. The van der Waals surface area contributed by atoms with Crippen molar-refractivity contribution in [3.63, 3.8) is 0 Å². The van der Waals surface area contributed by atoms with Gasteiger partial charge in [-0.3, -0.25) is 19.2 Å². The second-order valence-corrected chi connectivity index (χ2v) is 16.6. The lowest BCUT2D eigenvalue weighted by Gasteiger charge is -2.39. The highest BCUT2D eigenvalue weighted by atomic mass is 16.6. The molecular formula is C46H58N4O12. The van der Waals surface area contributed by atoms with Gasteiger partial charge in [0.25, 0.3) is 11.8 Å². The van der Waals surface area contributed by atoms with Gasteiger partial charge < -0.3 is 49.0 Å². The van der Waals surface area contributed by atoms with Crippen molar-refractivity contribution in [2.24, 2.45) is 33.7 Å². The molecule has 2 heterocycles. The molecule has 0 radical (unpaired) electrons. The molecule has 2 aromatic rings. The molecule has 3 fully saturated rings. The molecule has 5 aliphatic rings. The lowest BCUT2D eigenvalue weighted by molar-refractivity contribution is -0.179. The maximum Gasteiger partial charge on any atom is 0.312 e. The Kier molecular flexibility index (Phi) is 15.7. The molecule has 0 aromatic heterocycles. The Morgan fingerprint density at radius 3 is 2.10 bits per heavy atom. The number of aliphatic hydroxyl groups is 1. The van der Waals surface area contributed by atoms with Crippen molar-refractivity contribution in [3.8, 4) is 0 Å². The fraction of sp³-hybridized carbons (Fsp3) is 0.587. The number of carbonyl (C=O) groups is 5. The minimum atomic E-state index is -1.32. The standard InChI is InChI=1S/C46H58N4O12/c51-29-46(16-4-3-13-38(46)45(56)60-24-18-48-40(53)32-8-6-10-34(27-32)42-50-20-22-58-42)61-28-30-14-15-35(25-30)62-44(55)37-12-2-1-11-36(37)43(54)59-23-17-47-39(52)31-7-5-9-33(26-31)41-49-19-21-57-41/h5-10,26-27,29-30,35-38,43,54H,1-4,11-25,28H2,(H,47,52)(H,48,53). The highest BCUT2D eigenvalue weighted by Crippen LogP contribution is 2.39. The number of ether oxygens (including phenoxy) is 6. The average molecular weight is 859 g/mol. The summed E-state index contributed by atoms with van der Waals surface area (Å²) in [6, 6.07) is 14.0. The van der Waals surface area contributed by atoms with Crippen LogP contribution in [-0.4, -0.2) is 124 Å². The Labute approximate surface area is 361 Å². The maximum absolute atomic E-state index is 13.6. The fourth-order valence-electron chi connectivity index (χ4n) is 9.13. The molecule has 2 aromatic carbocycles. The monoisotopic (exact) mass is 858 g/mol. The minimum absolute atomic E-state index is 0.0165. The first-order chi connectivity index (χ1) is 30.2. The number of amides is 2. The van der Waals surface area contributed by atoms with Crippen LogP contribution in [-0.2, 0) is 42.8 Å². The minimum Gasteiger partial charge on any atom is -0.476 e. The van der Waals surface area contributed by atoms with E-state index in [0.717, 1.165) is 49.5 Å². The highest BCUT2D eigenvalue weighted by Gasteiger charge is 2.48. The van der Waals surface area contributed by atoms with Crippen LogP contribution in [0.15, 0.2) is 58.5 Å². The van der Waals surface area contributed by atoms with Crippen molar-refractivity contribution in [2.75, 3.05) is 59.2 Å². The number of nitrogens with one attached hydrogen (secondary N) is 2. The van der Waals surface area contributed by atoms with Crippen molar-refractivity contribution >= 4 is 41.8 Å². The number of aldehydes is 1. The number of nitrogens with zero attached hydrogens (tertiary/aromatic N) is 2. The van der Waals surface area contributed by atoms with E-state index in [9.17, 15) is 29.1 Å². The zero-order valence-corrected chi connectivity index (χ0v) is 35.1. The van der Waals surface area contributed by atoms with Gasteiger partial charge in [0, 0.05) is 34.7 Å². The molecule has 62 heavy (non-hydrogen) atoms. The lowest BCUT2D eigenvalue weighted by atomic mass is 9.76. The third kappa shape index (κ3) is 11.4. The van der Waals surface area contributed by atoms with Crippen molar-refractivity contribution in [1.29, 1.82) is 0 Å². The molecule has 3 aliphatic carbocycles. The third-order valence-corrected chi connectivity index (χ3v) is 12.5. The van der Waals surface area contributed by atoms with Crippen LogP contribution in [0.25, 0.3) is 0 Å². The highest BCUT2D eigenvalue weighted by molar-refractivity contribution is 6.01. The van der Waals surface area contributed by atoms with Gasteiger partial charge in [-0.25, -0.2) is 9.98 Å². The predicted octanol–water partition coefficient (Wildman–Crippen LogP) is 3.94. The molecule has 7 rings (SSSR count). The Morgan fingerprint density at radius 2 is 1.45 bits per heavy atom. The summed E-state index contributed by atoms with van der Waals surface area (Å²) in [6.07, 6.45) is 6.33. The van der Waals surface area contributed by atoms with E-state index < -0.39 is 35.6 Å². The normalized spacial score (nSPS) is 26.2. The van der Waals surface area contributed by atoms with Gasteiger partial charge in [-0.1, -0.05) is 37.8 Å². The van der Waals surface area contributed by atoms with Crippen LogP contribution in [0.3, 0.4) is 0 Å². The SMILES string of the molecule is O=CC1(OCC2CCC(OC(=O)C3CCCCC3C(O)OCCNC(=O)c3cccc(C4=NCCO4)c3)C2)CCCCC1C(=O)OCCNC(=O)c1cccc(C2=NCCO2)c1. The summed E-state index contributed by atoms with van der Waals surface area (Å²) in [6.45, 7) is 2.70. The number of esters is 2. The molecule has 0 bridgehead atoms. The number of rotatable bonds is 19. The molecule has 16 heteroatoms. The maximum atomic E-state index is 13.6. The number of aliphatic hydroxyl groups excluding tert-OH is 1. The topological polar surface area (TPSA) is 210 Å². The summed E-state index contributed by atoms with van der Waals surface area (Å²) in [5.74, 6) is -2.19. The lowest BCUT2D eigenvalue weighted by Crippen LogP contribution is -2.50. The Hall–Kier alpha value is -5.19. The number of carbonyl (C=O) groups excluding carboxylic acids is 5. The van der Waals surface area contributed by atoms with E-state index in [1.807, 2.05) is 12.1 Å². The van der Waals surface area contributed by atoms with Gasteiger partial charge in [0.15, 0.2) is 12.6 Å². The van der Waals surface area contributed by atoms with Crippen molar-refractivity contribution < 1.29 is 57.5 Å². The Morgan fingerprint density at radius 1 is 0.806 bits per heavy atom. The van der Waals surface area contributed by atoms with E-state index in [0.29, 0.717) is 87.8 Å². The summed E-state index contributed by atoms with van der Waals surface area (Å²) in [7, 11) is 0. The van der Waals surface area contributed by atoms with Crippen LogP contribution in [0, 0.1) is 23.7 Å². The van der Waals surface area contributed by atoms with Crippen molar-refractivity contribution in [2.45, 2.75) is 88.6 Å². The van der Waals surface area contributed by atoms with Crippen LogP contribution < -0.4 is 10.6 Å². The molecule has 7 atom stereocenters. The first kappa shape index (κ1) is 44.9. The molecule has 3 N–H and O–H groups in total. The van der Waals surface area contributed by atoms with Crippen LogP contribution >= 0.6 is 0 Å². The largest absolute Gasteiger partial charge is 0.476 e. The summed E-state index contributed by atoms with van der Waals surface area (Å²) in [5.41, 5.74) is 1.02. The summed E-state index contributed by atoms with van der Waals surface area (Å²) < 4.78 is 34.7. The molecule has 2 aliphatic heterocycles. The second kappa shape index (κ2) is 21.7. The average Bonchev–Trinajstić information content (AvgIpc) is 4.14. The van der Waals surface area contributed by atoms with Crippen molar-refractivity contribution in [3.05, 3.63) is 70.8 Å². The summed E-state index contributed by atoms with van der Waals surface area (Å²) in [4.78, 5) is 73.8. The van der Waals surface area contributed by atoms with Crippen LogP contribution in [0.1, 0.15) is 102 Å². The quantitative estimate of drug-likeness (QED) is 0.0795. The van der Waals surface area contributed by atoms with E-state index in [4.69, 9.17) is 28.4 Å². The number of benzene rings is 2. The van der Waals surface area contributed by atoms with Crippen molar-refractivity contribution in [1.82, 2.24) is 10.6 Å². The number of hydrogen-bond acceptors (Lipinski definition) is 14. The van der Waals surface area contributed by atoms with Gasteiger partial charge in [-0.2, -0.15) is 0 Å². The van der Waals surface area contributed by atoms with E-state index in [-0.39, 0.29) is 62.7 Å². The van der Waals surface area contributed by atoms with E-state index in [1.165, 1.54) is 0 Å². The van der Waals surface area contributed by atoms with Crippen LogP contribution in [0.5, 0.6) is 0 Å². The molecule has 3 saturated carbocycles. The zero-order chi connectivity index (χ0) is 43.3. The summed E-state index contributed by atoms with van der Waals surface area (Å²) >= 11 is 0. The zero-order valence-electron chi connectivity index (χ0n) is 35.1. The number of aliphatic imine (C=N–C) groups is 2. The summed E-state index contributed by atoms with van der Waals surface area (Å²) in [5, 5.41) is 16.6. The van der Waals surface area contributed by atoms with Gasteiger partial charge >= 0.3 is 11.9 Å². The molecule has 334 valence electrons. The molecule has 0 spiro atoms.